The van der Waals surface area contributed by atoms with Crippen molar-refractivity contribution in [3.63, 3.8) is 0 Å². The molecule has 3 heterocycles. The molecule has 2 aromatic carbocycles. The van der Waals surface area contributed by atoms with Crippen LogP contribution in [0.25, 0.3) is 32.3 Å². The lowest BCUT2D eigenvalue weighted by Crippen LogP contribution is -2.43. The van der Waals surface area contributed by atoms with Crippen molar-refractivity contribution in [2.75, 3.05) is 31.1 Å². The van der Waals surface area contributed by atoms with Gasteiger partial charge < -0.3 is 14.6 Å². The van der Waals surface area contributed by atoms with Crippen LogP contribution < -0.4 is 15.8 Å². The van der Waals surface area contributed by atoms with Gasteiger partial charge in [-0.25, -0.2) is 9.78 Å². The van der Waals surface area contributed by atoms with E-state index in [0.29, 0.717) is 11.1 Å². The number of nitrogens with zero attached hydrogens (tertiary/aromatic N) is 2. The molecule has 0 saturated carbocycles. The number of anilines is 1. The quantitative estimate of drug-likeness (QED) is 0.576. The maximum absolute atomic E-state index is 12.7. The second-order valence-corrected chi connectivity index (χ2v) is 8.06. The van der Waals surface area contributed by atoms with Crippen molar-refractivity contribution in [1.29, 1.82) is 0 Å². The average molecular weight is 377 g/mol. The number of fused-ring (bicyclic) bond motifs is 2. The lowest BCUT2D eigenvalue weighted by molar-refractivity contribution is 0.534. The van der Waals surface area contributed by atoms with Gasteiger partial charge in [0.1, 0.15) is 5.76 Å². The smallest absolute Gasteiger partial charge is 0.344 e. The number of aromatic nitrogens is 1. The van der Waals surface area contributed by atoms with E-state index in [1.807, 2.05) is 43.3 Å². The van der Waals surface area contributed by atoms with Crippen LogP contribution in [0.5, 0.6) is 0 Å². The molecule has 27 heavy (non-hydrogen) atoms. The first-order valence-electron chi connectivity index (χ1n) is 9.08. The van der Waals surface area contributed by atoms with E-state index in [1.54, 1.807) is 11.3 Å². The van der Waals surface area contributed by atoms with E-state index in [4.69, 9.17) is 4.42 Å². The van der Waals surface area contributed by atoms with Crippen LogP contribution in [0.2, 0.25) is 0 Å². The third-order valence-electron chi connectivity index (χ3n) is 5.01. The molecule has 5 nitrogen and oxygen atoms in total. The van der Waals surface area contributed by atoms with E-state index < -0.39 is 0 Å². The summed E-state index contributed by atoms with van der Waals surface area (Å²) in [6, 6.07) is 14.0. The van der Waals surface area contributed by atoms with Crippen LogP contribution in [0, 0.1) is 6.92 Å². The highest BCUT2D eigenvalue weighted by atomic mass is 32.1. The Hall–Kier alpha value is -2.70. The van der Waals surface area contributed by atoms with E-state index in [0.717, 1.165) is 58.0 Å². The predicted molar refractivity (Wildman–Crippen MR) is 111 cm³/mol. The third kappa shape index (κ3) is 3.01. The molecule has 4 aromatic rings. The van der Waals surface area contributed by atoms with E-state index in [2.05, 4.69) is 21.3 Å². The van der Waals surface area contributed by atoms with Gasteiger partial charge >= 0.3 is 5.63 Å². The first-order valence-corrected chi connectivity index (χ1v) is 9.90. The van der Waals surface area contributed by atoms with Crippen molar-refractivity contribution in [3.05, 3.63) is 57.9 Å². The van der Waals surface area contributed by atoms with Crippen molar-refractivity contribution in [1.82, 2.24) is 10.3 Å². The zero-order valence-corrected chi connectivity index (χ0v) is 15.8. The standard InChI is InChI=1S/C21H19N3O2S/c1-13-23-18-10-15(3-5-20(18)27-13)19-11-14-2-4-16(12-17(14)21(25)26-19)24-8-6-22-7-9-24/h2-5,10-12,22H,6-9H2,1H3. The minimum absolute atomic E-state index is 0.297. The van der Waals surface area contributed by atoms with E-state index >= 15 is 0 Å². The summed E-state index contributed by atoms with van der Waals surface area (Å²) in [5.41, 5.74) is 2.59. The highest BCUT2D eigenvalue weighted by Crippen LogP contribution is 2.29. The summed E-state index contributed by atoms with van der Waals surface area (Å²) in [5, 5.41) is 5.90. The second kappa shape index (κ2) is 6.48. The molecule has 2 aromatic heterocycles. The monoisotopic (exact) mass is 377 g/mol. The highest BCUT2D eigenvalue weighted by molar-refractivity contribution is 7.18. The summed E-state index contributed by atoms with van der Waals surface area (Å²) < 4.78 is 6.80. The van der Waals surface area contributed by atoms with E-state index in [-0.39, 0.29) is 5.63 Å². The lowest BCUT2D eigenvalue weighted by atomic mass is 10.1. The Balaban J connectivity index is 1.58. The Kier molecular flexibility index (Phi) is 3.95. The molecular formula is C21H19N3O2S. The van der Waals surface area contributed by atoms with Gasteiger partial charge in [-0.05, 0) is 48.7 Å². The fraction of sp³-hybridized carbons (Fsp3) is 0.238. The van der Waals surface area contributed by atoms with E-state index in [9.17, 15) is 4.79 Å². The number of benzene rings is 2. The first kappa shape index (κ1) is 16.5. The fourth-order valence-corrected chi connectivity index (χ4v) is 4.44. The zero-order chi connectivity index (χ0) is 18.4. The number of hydrogen-bond donors (Lipinski definition) is 1. The molecule has 0 bridgehead atoms. The molecule has 1 fully saturated rings. The van der Waals surface area contributed by atoms with Crippen LogP contribution in [0.15, 0.2) is 51.7 Å². The van der Waals surface area contributed by atoms with Crippen molar-refractivity contribution < 1.29 is 4.42 Å². The molecular weight excluding hydrogens is 358 g/mol. The van der Waals surface area contributed by atoms with Gasteiger partial charge in [0.05, 0.1) is 20.6 Å². The number of piperazine rings is 1. The topological polar surface area (TPSA) is 58.4 Å². The Morgan fingerprint density at radius 3 is 2.81 bits per heavy atom. The van der Waals surface area contributed by atoms with Crippen LogP contribution >= 0.6 is 11.3 Å². The molecule has 0 aliphatic carbocycles. The van der Waals surface area contributed by atoms with Gasteiger partial charge in [0.25, 0.3) is 0 Å². The van der Waals surface area contributed by atoms with Gasteiger partial charge in [0.15, 0.2) is 0 Å². The normalized spacial score (nSPS) is 14.9. The van der Waals surface area contributed by atoms with Crippen molar-refractivity contribution in [3.8, 4) is 11.3 Å². The molecule has 5 rings (SSSR count). The summed E-state index contributed by atoms with van der Waals surface area (Å²) in [5.74, 6) is 0.579. The molecule has 0 radical (unpaired) electrons. The number of rotatable bonds is 2. The largest absolute Gasteiger partial charge is 0.422 e. The first-order chi connectivity index (χ1) is 13.2. The minimum Gasteiger partial charge on any atom is -0.422 e. The minimum atomic E-state index is -0.297. The molecule has 1 aliphatic heterocycles. The Morgan fingerprint density at radius 2 is 1.96 bits per heavy atom. The van der Waals surface area contributed by atoms with Gasteiger partial charge in [0.2, 0.25) is 0 Å². The highest BCUT2D eigenvalue weighted by Gasteiger charge is 2.13. The second-order valence-electron chi connectivity index (χ2n) is 6.82. The molecule has 0 amide bonds. The van der Waals surface area contributed by atoms with Crippen LogP contribution in [0.1, 0.15) is 5.01 Å². The van der Waals surface area contributed by atoms with Crippen LogP contribution in [-0.2, 0) is 0 Å². The van der Waals surface area contributed by atoms with Crippen LogP contribution in [0.3, 0.4) is 0 Å². The van der Waals surface area contributed by atoms with Crippen molar-refractivity contribution in [2.24, 2.45) is 0 Å². The molecule has 1 aliphatic rings. The molecule has 0 spiro atoms. The molecule has 6 heteroatoms. The maximum Gasteiger partial charge on any atom is 0.344 e. The van der Waals surface area contributed by atoms with Gasteiger partial charge in [0, 0.05) is 37.4 Å². The summed E-state index contributed by atoms with van der Waals surface area (Å²) >= 11 is 1.66. The van der Waals surface area contributed by atoms with Crippen LogP contribution in [0.4, 0.5) is 5.69 Å². The predicted octanol–water partition coefficient (Wildman–Crippen LogP) is 3.79. The number of aryl methyl sites for hydroxylation is 1. The Bertz CT molecular complexity index is 1210. The number of nitrogens with one attached hydrogen (secondary N) is 1. The van der Waals surface area contributed by atoms with Gasteiger partial charge in [-0.3, -0.25) is 0 Å². The van der Waals surface area contributed by atoms with Crippen molar-refractivity contribution >= 4 is 38.0 Å². The van der Waals surface area contributed by atoms with Crippen molar-refractivity contribution in [2.45, 2.75) is 6.92 Å². The lowest BCUT2D eigenvalue weighted by Gasteiger charge is -2.29. The Morgan fingerprint density at radius 1 is 1.11 bits per heavy atom. The van der Waals surface area contributed by atoms with E-state index in [1.165, 1.54) is 0 Å². The number of thiazole rings is 1. The maximum atomic E-state index is 12.7. The van der Waals surface area contributed by atoms with Crippen LogP contribution in [-0.4, -0.2) is 31.2 Å². The average Bonchev–Trinajstić information content (AvgIpc) is 3.07. The molecule has 136 valence electrons. The number of hydrogen-bond acceptors (Lipinski definition) is 6. The SMILES string of the molecule is Cc1nc2cc(-c3cc4ccc(N5CCNCC5)cc4c(=O)o3)ccc2s1. The Labute approximate surface area is 160 Å². The van der Waals surface area contributed by atoms with Gasteiger partial charge in [-0.2, -0.15) is 0 Å². The third-order valence-corrected chi connectivity index (χ3v) is 5.96. The molecule has 0 unspecified atom stereocenters. The summed E-state index contributed by atoms with van der Waals surface area (Å²) in [6.07, 6.45) is 0. The summed E-state index contributed by atoms with van der Waals surface area (Å²) in [6.45, 7) is 5.81. The molecule has 0 atom stereocenters. The fourth-order valence-electron chi connectivity index (χ4n) is 3.63. The van der Waals surface area contributed by atoms with Gasteiger partial charge in [-0.15, -0.1) is 11.3 Å². The zero-order valence-electron chi connectivity index (χ0n) is 15.0. The van der Waals surface area contributed by atoms with Gasteiger partial charge in [-0.1, -0.05) is 6.07 Å². The molecule has 1 saturated heterocycles. The summed E-state index contributed by atoms with van der Waals surface area (Å²) in [7, 11) is 0. The molecule has 1 N–H and O–H groups in total. The summed E-state index contributed by atoms with van der Waals surface area (Å²) in [4.78, 5) is 19.5.